The van der Waals surface area contributed by atoms with Gasteiger partial charge in [0, 0.05) is 18.6 Å². The van der Waals surface area contributed by atoms with Crippen LogP contribution in [0, 0.1) is 0 Å². The van der Waals surface area contributed by atoms with Crippen molar-refractivity contribution in [3.05, 3.63) is 0 Å². The van der Waals surface area contributed by atoms with Gasteiger partial charge in [-0.3, -0.25) is 0 Å². The van der Waals surface area contributed by atoms with Gasteiger partial charge < -0.3 is 15.5 Å². The third-order valence-corrected chi connectivity index (χ3v) is 2.50. The van der Waals surface area contributed by atoms with Crippen LogP contribution >= 0.6 is 0 Å². The maximum Gasteiger partial charge on any atom is 0.0169 e. The molecule has 2 N–H and O–H groups in total. The van der Waals surface area contributed by atoms with Crippen molar-refractivity contribution in [3.8, 4) is 0 Å². The molecule has 1 rings (SSSR count). The van der Waals surface area contributed by atoms with Crippen LogP contribution in [0.4, 0.5) is 0 Å². The van der Waals surface area contributed by atoms with E-state index in [0.29, 0.717) is 6.04 Å². The van der Waals surface area contributed by atoms with Crippen LogP contribution in [0.15, 0.2) is 0 Å². The summed E-state index contributed by atoms with van der Waals surface area (Å²) in [5.41, 5.74) is 0. The van der Waals surface area contributed by atoms with Crippen molar-refractivity contribution in [2.24, 2.45) is 0 Å². The van der Waals surface area contributed by atoms with E-state index in [-0.39, 0.29) is 0 Å². The zero-order valence-electron chi connectivity index (χ0n) is 9.14. The van der Waals surface area contributed by atoms with Gasteiger partial charge in [0.1, 0.15) is 0 Å². The topological polar surface area (TPSA) is 27.3 Å². The molecule has 1 saturated heterocycles. The predicted molar refractivity (Wildman–Crippen MR) is 57.0 cm³/mol. The number of hydrogen-bond acceptors (Lipinski definition) is 3. The fourth-order valence-electron chi connectivity index (χ4n) is 1.99. The van der Waals surface area contributed by atoms with Crippen molar-refractivity contribution in [2.75, 3.05) is 33.7 Å². The van der Waals surface area contributed by atoms with Crippen molar-refractivity contribution in [1.82, 2.24) is 15.5 Å². The van der Waals surface area contributed by atoms with E-state index >= 15 is 0 Å². The van der Waals surface area contributed by atoms with E-state index in [1.807, 2.05) is 0 Å². The zero-order valence-corrected chi connectivity index (χ0v) is 9.14. The lowest BCUT2D eigenvalue weighted by atomic mass is 10.1. The lowest BCUT2D eigenvalue weighted by Crippen LogP contribution is -2.46. The molecule has 0 aliphatic carbocycles. The quantitative estimate of drug-likeness (QED) is 0.659. The lowest BCUT2D eigenvalue weighted by molar-refractivity contribution is 0.300. The number of likely N-dealkylation sites (N-methyl/N-ethyl adjacent to an activating group) is 1. The van der Waals surface area contributed by atoms with Gasteiger partial charge in [0.2, 0.25) is 0 Å². The van der Waals surface area contributed by atoms with Gasteiger partial charge in [-0.05, 0) is 47.0 Å². The molecule has 1 aliphatic rings. The Bertz CT molecular complexity index is 130. The van der Waals surface area contributed by atoms with Crippen molar-refractivity contribution in [2.45, 2.75) is 31.8 Å². The van der Waals surface area contributed by atoms with Gasteiger partial charge in [0.05, 0.1) is 0 Å². The molecule has 0 aromatic rings. The normalized spacial score (nSPS) is 22.2. The zero-order chi connectivity index (χ0) is 9.68. The molecule has 3 heteroatoms. The molecule has 0 amide bonds. The van der Waals surface area contributed by atoms with Crippen LogP contribution in [-0.4, -0.2) is 50.7 Å². The summed E-state index contributed by atoms with van der Waals surface area (Å²) in [5.74, 6) is 0. The Morgan fingerprint density at radius 1 is 1.38 bits per heavy atom. The summed E-state index contributed by atoms with van der Waals surface area (Å²) in [5, 5.41) is 7.05. The van der Waals surface area contributed by atoms with E-state index in [0.717, 1.165) is 12.6 Å². The van der Waals surface area contributed by atoms with E-state index in [9.17, 15) is 0 Å². The second kappa shape index (κ2) is 5.58. The molecule has 0 spiro atoms. The van der Waals surface area contributed by atoms with Crippen LogP contribution in [-0.2, 0) is 0 Å². The first-order valence-corrected chi connectivity index (χ1v) is 5.30. The molecule has 1 atom stereocenters. The highest BCUT2D eigenvalue weighted by molar-refractivity contribution is 4.77. The highest BCUT2D eigenvalue weighted by Gasteiger charge is 2.14. The minimum absolute atomic E-state index is 0.609. The highest BCUT2D eigenvalue weighted by Crippen LogP contribution is 2.03. The van der Waals surface area contributed by atoms with Crippen molar-refractivity contribution in [3.63, 3.8) is 0 Å². The van der Waals surface area contributed by atoms with Crippen LogP contribution in [0.2, 0.25) is 0 Å². The first-order chi connectivity index (χ1) is 6.18. The van der Waals surface area contributed by atoms with E-state index in [1.54, 1.807) is 0 Å². The molecule has 1 aliphatic heterocycles. The third kappa shape index (κ3) is 4.60. The SMILES string of the molecule is CC(CN(C)C)NC1CCNCC1. The molecule has 0 bridgehead atoms. The summed E-state index contributed by atoms with van der Waals surface area (Å²) in [6.45, 7) is 5.74. The number of hydrogen-bond donors (Lipinski definition) is 2. The van der Waals surface area contributed by atoms with E-state index in [2.05, 4.69) is 36.6 Å². The van der Waals surface area contributed by atoms with E-state index in [1.165, 1.54) is 25.9 Å². The van der Waals surface area contributed by atoms with E-state index < -0.39 is 0 Å². The number of nitrogens with one attached hydrogen (secondary N) is 2. The van der Waals surface area contributed by atoms with E-state index in [4.69, 9.17) is 0 Å². The second-order valence-corrected chi connectivity index (χ2v) is 4.35. The molecular formula is C10H23N3. The van der Waals surface area contributed by atoms with Gasteiger partial charge in [0.15, 0.2) is 0 Å². The van der Waals surface area contributed by atoms with Gasteiger partial charge in [-0.15, -0.1) is 0 Å². The summed E-state index contributed by atoms with van der Waals surface area (Å²) in [6, 6.07) is 1.34. The average Bonchev–Trinajstić information content (AvgIpc) is 2.04. The van der Waals surface area contributed by atoms with Crippen LogP contribution in [0.1, 0.15) is 19.8 Å². The number of piperidine rings is 1. The first kappa shape index (κ1) is 11.0. The van der Waals surface area contributed by atoms with Crippen LogP contribution in [0.3, 0.4) is 0 Å². The standard InChI is InChI=1S/C10H23N3/c1-9(8-13(2)3)12-10-4-6-11-7-5-10/h9-12H,4-8H2,1-3H3. The Labute approximate surface area is 81.9 Å². The molecule has 1 heterocycles. The predicted octanol–water partition coefficient (Wildman–Crippen LogP) is 0.278. The van der Waals surface area contributed by atoms with Crippen LogP contribution < -0.4 is 10.6 Å². The second-order valence-electron chi connectivity index (χ2n) is 4.35. The molecule has 0 aromatic heterocycles. The fraction of sp³-hybridized carbons (Fsp3) is 1.00. The summed E-state index contributed by atoms with van der Waals surface area (Å²) < 4.78 is 0. The molecule has 78 valence electrons. The van der Waals surface area contributed by atoms with Gasteiger partial charge in [-0.2, -0.15) is 0 Å². The molecule has 0 saturated carbocycles. The van der Waals surface area contributed by atoms with Crippen molar-refractivity contribution in [1.29, 1.82) is 0 Å². The molecule has 3 nitrogen and oxygen atoms in total. The molecular weight excluding hydrogens is 162 g/mol. The summed E-state index contributed by atoms with van der Waals surface area (Å²) >= 11 is 0. The maximum absolute atomic E-state index is 3.67. The molecule has 0 radical (unpaired) electrons. The van der Waals surface area contributed by atoms with Gasteiger partial charge in [-0.25, -0.2) is 0 Å². The minimum Gasteiger partial charge on any atom is -0.317 e. The lowest BCUT2D eigenvalue weighted by Gasteiger charge is -2.28. The fourth-order valence-corrected chi connectivity index (χ4v) is 1.99. The van der Waals surface area contributed by atoms with Crippen LogP contribution in [0.25, 0.3) is 0 Å². The summed E-state index contributed by atoms with van der Waals surface area (Å²) in [7, 11) is 4.25. The molecule has 0 aromatic carbocycles. The van der Waals surface area contributed by atoms with Gasteiger partial charge in [-0.1, -0.05) is 0 Å². The average molecular weight is 185 g/mol. The Morgan fingerprint density at radius 3 is 2.54 bits per heavy atom. The maximum atomic E-state index is 3.67. The molecule has 1 fully saturated rings. The minimum atomic E-state index is 0.609. The number of rotatable bonds is 4. The third-order valence-electron chi connectivity index (χ3n) is 2.50. The first-order valence-electron chi connectivity index (χ1n) is 5.30. The summed E-state index contributed by atoms with van der Waals surface area (Å²) in [4.78, 5) is 2.23. The van der Waals surface area contributed by atoms with Crippen molar-refractivity contribution < 1.29 is 0 Å². The smallest absolute Gasteiger partial charge is 0.0169 e. The largest absolute Gasteiger partial charge is 0.317 e. The Kier molecular flexibility index (Phi) is 4.70. The van der Waals surface area contributed by atoms with Gasteiger partial charge >= 0.3 is 0 Å². The van der Waals surface area contributed by atoms with Crippen molar-refractivity contribution >= 4 is 0 Å². The Balaban J connectivity index is 2.14. The summed E-state index contributed by atoms with van der Waals surface area (Å²) in [6.07, 6.45) is 2.55. The molecule has 13 heavy (non-hydrogen) atoms. The van der Waals surface area contributed by atoms with Gasteiger partial charge in [0.25, 0.3) is 0 Å². The highest BCUT2D eigenvalue weighted by atomic mass is 15.1. The Hall–Kier alpha value is -0.120. The number of nitrogens with zero attached hydrogens (tertiary/aromatic N) is 1. The molecule has 1 unspecified atom stereocenters. The Morgan fingerprint density at radius 2 is 2.00 bits per heavy atom. The van der Waals surface area contributed by atoms with Crippen LogP contribution in [0.5, 0.6) is 0 Å². The monoisotopic (exact) mass is 185 g/mol.